The summed E-state index contributed by atoms with van der Waals surface area (Å²) >= 11 is 0. The first-order chi connectivity index (χ1) is 22.6. The van der Waals surface area contributed by atoms with Crippen LogP contribution >= 0.6 is 0 Å². The third kappa shape index (κ3) is 9.55. The van der Waals surface area contributed by atoms with E-state index >= 15 is 0 Å². The number of ether oxygens (including phenoxy) is 6. The van der Waals surface area contributed by atoms with Gasteiger partial charge in [-0.05, 0) is 76.1 Å². The van der Waals surface area contributed by atoms with Crippen LogP contribution in [0.3, 0.4) is 0 Å². The van der Waals surface area contributed by atoms with Gasteiger partial charge in [0.25, 0.3) is 0 Å². The average Bonchev–Trinajstić information content (AvgIpc) is 3.06. The predicted molar refractivity (Wildman–Crippen MR) is 171 cm³/mol. The number of para-hydroxylation sites is 2. The molecule has 0 spiro atoms. The van der Waals surface area contributed by atoms with Crippen molar-refractivity contribution in [3.8, 4) is 23.0 Å². The molecule has 0 aliphatic carbocycles. The summed E-state index contributed by atoms with van der Waals surface area (Å²) in [6.45, 7) is 5.21. The van der Waals surface area contributed by atoms with Crippen molar-refractivity contribution in [1.82, 2.24) is 0 Å². The molecule has 0 aromatic heterocycles. The minimum atomic E-state index is -1.39. The second kappa shape index (κ2) is 15.9. The van der Waals surface area contributed by atoms with Crippen LogP contribution in [0.2, 0.25) is 0 Å². The highest BCUT2D eigenvalue weighted by Crippen LogP contribution is 2.34. The molecule has 0 fully saturated rings. The van der Waals surface area contributed by atoms with Gasteiger partial charge in [-0.15, -0.1) is 0 Å². The van der Waals surface area contributed by atoms with E-state index in [0.717, 1.165) is 0 Å². The van der Waals surface area contributed by atoms with Crippen molar-refractivity contribution in [3.63, 3.8) is 0 Å². The maximum Gasteiger partial charge on any atom is 0.341 e. The van der Waals surface area contributed by atoms with Crippen LogP contribution in [-0.2, 0) is 30.3 Å². The Kier molecular flexibility index (Phi) is 12.3. The van der Waals surface area contributed by atoms with E-state index in [1.54, 1.807) is 36.4 Å². The van der Waals surface area contributed by atoms with Gasteiger partial charge in [-0.2, -0.15) is 0 Å². The molecule has 1 unspecified atom stereocenters. The molecule has 0 heterocycles. The van der Waals surface area contributed by atoms with Crippen molar-refractivity contribution >= 4 is 29.8 Å². The van der Waals surface area contributed by atoms with Crippen molar-refractivity contribution in [3.05, 3.63) is 83.4 Å². The minimum absolute atomic E-state index is 0.127. The Morgan fingerprint density at radius 2 is 1.10 bits per heavy atom. The average molecular weight is 666 g/mol. The lowest BCUT2D eigenvalue weighted by Gasteiger charge is -2.25. The molecule has 3 aromatic rings. The number of benzene rings is 3. The summed E-state index contributed by atoms with van der Waals surface area (Å²) in [6.07, 6.45) is -0.127. The highest BCUT2D eigenvalue weighted by Gasteiger charge is 2.36. The van der Waals surface area contributed by atoms with Gasteiger partial charge in [0.15, 0.2) is 11.5 Å². The lowest BCUT2D eigenvalue weighted by atomic mass is 9.95. The van der Waals surface area contributed by atoms with E-state index in [9.17, 15) is 29.1 Å². The summed E-state index contributed by atoms with van der Waals surface area (Å²) in [6, 6.07) is 15.7. The molecular formula is C35H39NO12. The minimum Gasteiger partial charge on any atom is -0.496 e. The van der Waals surface area contributed by atoms with E-state index in [0.29, 0.717) is 17.1 Å². The third-order valence-electron chi connectivity index (χ3n) is 7.07. The van der Waals surface area contributed by atoms with Crippen LogP contribution in [0.4, 0.5) is 0 Å². The fourth-order valence-electron chi connectivity index (χ4n) is 4.05. The number of nitrogens with two attached hydrogens (primary N) is 1. The Hall–Kier alpha value is -5.43. The molecule has 0 saturated carbocycles. The molecule has 0 amide bonds. The number of carboxylic acid groups (broad SMARTS) is 1. The zero-order chi connectivity index (χ0) is 35.6. The summed E-state index contributed by atoms with van der Waals surface area (Å²) in [5.41, 5.74) is 3.65. The number of rotatable bonds is 15. The zero-order valence-corrected chi connectivity index (χ0v) is 27.6. The first-order valence-corrected chi connectivity index (χ1v) is 14.8. The van der Waals surface area contributed by atoms with Crippen LogP contribution < -0.4 is 24.7 Å². The number of carbonyl (C=O) groups excluding carboxylic acids is 4. The van der Waals surface area contributed by atoms with Crippen molar-refractivity contribution in [2.75, 3.05) is 27.4 Å². The normalized spacial score (nSPS) is 11.9. The van der Waals surface area contributed by atoms with Crippen LogP contribution in [0, 0.1) is 10.8 Å². The van der Waals surface area contributed by atoms with Gasteiger partial charge in [-0.1, -0.05) is 30.3 Å². The molecule has 13 heteroatoms. The van der Waals surface area contributed by atoms with Gasteiger partial charge in [-0.3, -0.25) is 14.4 Å². The van der Waals surface area contributed by atoms with Gasteiger partial charge < -0.3 is 39.3 Å². The lowest BCUT2D eigenvalue weighted by molar-refractivity contribution is -0.149. The van der Waals surface area contributed by atoms with E-state index in [1.165, 1.54) is 72.2 Å². The summed E-state index contributed by atoms with van der Waals surface area (Å²) in [5, 5.41) is 9.27. The number of carboxylic acids is 1. The number of esters is 4. The topological polar surface area (TPSA) is 187 Å². The van der Waals surface area contributed by atoms with Gasteiger partial charge in [0.2, 0.25) is 0 Å². The summed E-state index contributed by atoms with van der Waals surface area (Å²) < 4.78 is 32.4. The lowest BCUT2D eigenvalue weighted by Crippen LogP contribution is -2.36. The van der Waals surface area contributed by atoms with Crippen molar-refractivity contribution in [2.24, 2.45) is 16.6 Å². The fraction of sp³-hybridized carbons (Fsp3) is 0.343. The van der Waals surface area contributed by atoms with Gasteiger partial charge >= 0.3 is 29.8 Å². The van der Waals surface area contributed by atoms with Crippen LogP contribution in [0.25, 0.3) is 0 Å². The Bertz CT molecular complexity index is 1660. The Balaban J connectivity index is 1.79. The molecule has 1 atom stereocenters. The van der Waals surface area contributed by atoms with Crippen LogP contribution in [0.5, 0.6) is 23.0 Å². The van der Waals surface area contributed by atoms with Gasteiger partial charge in [0.05, 0.1) is 25.0 Å². The number of hydrogen-bond donors (Lipinski definition) is 2. The molecule has 0 bridgehead atoms. The van der Waals surface area contributed by atoms with Crippen molar-refractivity contribution < 1.29 is 57.5 Å². The van der Waals surface area contributed by atoms with Crippen molar-refractivity contribution in [1.29, 1.82) is 0 Å². The predicted octanol–water partition coefficient (Wildman–Crippen LogP) is 4.24. The molecular weight excluding hydrogens is 626 g/mol. The monoisotopic (exact) mass is 665 g/mol. The molecule has 256 valence electrons. The highest BCUT2D eigenvalue weighted by molar-refractivity contribution is 5.93. The number of hydrogen-bond acceptors (Lipinski definition) is 12. The summed E-state index contributed by atoms with van der Waals surface area (Å²) in [5.74, 6) is -4.15. The molecule has 0 saturated heterocycles. The second-order valence-electron chi connectivity index (χ2n) is 12.0. The maximum absolute atomic E-state index is 13.4. The molecule has 48 heavy (non-hydrogen) atoms. The molecule has 3 N–H and O–H groups in total. The van der Waals surface area contributed by atoms with Gasteiger partial charge in [0.1, 0.15) is 41.9 Å². The van der Waals surface area contributed by atoms with E-state index in [-0.39, 0.29) is 42.3 Å². The number of methoxy groups -OCH3 is 2. The second-order valence-corrected chi connectivity index (χ2v) is 12.0. The Labute approximate surface area is 277 Å². The van der Waals surface area contributed by atoms with Crippen LogP contribution in [-0.4, -0.2) is 68.4 Å². The van der Waals surface area contributed by atoms with Crippen molar-refractivity contribution in [2.45, 2.75) is 40.2 Å². The van der Waals surface area contributed by atoms with Crippen LogP contribution in [0.1, 0.15) is 54.0 Å². The molecule has 0 aliphatic rings. The molecule has 0 radical (unpaired) electrons. The maximum atomic E-state index is 13.4. The Morgan fingerprint density at radius 1 is 0.667 bits per heavy atom. The van der Waals surface area contributed by atoms with Crippen LogP contribution in [0.15, 0.2) is 66.7 Å². The number of aliphatic carboxylic acids is 1. The standard InChI is InChI=1S/C35H39NO12/c1-34(2,19-45-30(39)22-11-7-9-13-25(22)43-5)32(41)47-27-16-15-21(17-24(36)29(37)38)18-28(27)48-33(42)35(3,4)20-46-31(40)23-12-8-10-14-26(23)44-6/h7-16,18,24H,17,19-20,36H2,1-6H3,(H,37,38). The Morgan fingerprint density at radius 3 is 1.54 bits per heavy atom. The first kappa shape index (κ1) is 37.0. The smallest absolute Gasteiger partial charge is 0.341 e. The summed E-state index contributed by atoms with van der Waals surface area (Å²) in [7, 11) is 2.82. The number of carbonyl (C=O) groups is 5. The molecule has 3 aromatic carbocycles. The molecule has 0 aliphatic heterocycles. The van der Waals surface area contributed by atoms with E-state index < -0.39 is 46.7 Å². The molecule has 13 nitrogen and oxygen atoms in total. The van der Waals surface area contributed by atoms with E-state index in [2.05, 4.69) is 0 Å². The van der Waals surface area contributed by atoms with E-state index in [4.69, 9.17) is 34.2 Å². The first-order valence-electron chi connectivity index (χ1n) is 14.8. The molecule has 3 rings (SSSR count). The largest absolute Gasteiger partial charge is 0.496 e. The quantitative estimate of drug-likeness (QED) is 0.174. The zero-order valence-electron chi connectivity index (χ0n) is 27.6. The highest BCUT2D eigenvalue weighted by atomic mass is 16.6. The van der Waals surface area contributed by atoms with E-state index in [1.807, 2.05) is 0 Å². The fourth-order valence-corrected chi connectivity index (χ4v) is 4.05. The van der Waals surface area contributed by atoms with Gasteiger partial charge in [0, 0.05) is 0 Å². The third-order valence-corrected chi connectivity index (χ3v) is 7.07. The van der Waals surface area contributed by atoms with Gasteiger partial charge in [-0.25, -0.2) is 9.59 Å². The SMILES string of the molecule is COc1ccccc1C(=O)OCC(C)(C)C(=O)Oc1ccc(CC(N)C(=O)O)cc1OC(=O)C(C)(C)COC(=O)c1ccccc1OC. The summed E-state index contributed by atoms with van der Waals surface area (Å²) in [4.78, 5) is 63.5.